The highest BCUT2D eigenvalue weighted by atomic mass is 32.1. The second-order valence-electron chi connectivity index (χ2n) is 6.40. The van der Waals surface area contributed by atoms with Gasteiger partial charge in [0, 0.05) is 16.9 Å². The number of esters is 1. The van der Waals surface area contributed by atoms with E-state index in [-0.39, 0.29) is 16.6 Å². The van der Waals surface area contributed by atoms with E-state index in [2.05, 4.69) is 15.0 Å². The van der Waals surface area contributed by atoms with E-state index in [4.69, 9.17) is 4.74 Å². The van der Waals surface area contributed by atoms with Crippen molar-refractivity contribution < 1.29 is 32.2 Å². The van der Waals surface area contributed by atoms with Gasteiger partial charge < -0.3 is 20.1 Å². The number of ether oxygens (including phenoxy) is 2. The summed E-state index contributed by atoms with van der Waals surface area (Å²) in [7, 11) is 2.22. The molecule has 0 radical (unpaired) electrons. The Morgan fingerprint density at radius 3 is 2.34 bits per heavy atom. The average molecular weight is 429 g/mol. The van der Waals surface area contributed by atoms with Gasteiger partial charge >= 0.3 is 17.8 Å². The summed E-state index contributed by atoms with van der Waals surface area (Å²) in [5.41, 5.74) is -2.94. The van der Waals surface area contributed by atoms with Gasteiger partial charge in [-0.25, -0.2) is 9.78 Å². The smallest absolute Gasteiger partial charge is 0.442 e. The average Bonchev–Trinajstić information content (AvgIpc) is 3.45. The van der Waals surface area contributed by atoms with E-state index in [0.29, 0.717) is 11.4 Å². The van der Waals surface area contributed by atoms with E-state index in [1.54, 1.807) is 10.7 Å². The van der Waals surface area contributed by atoms with Gasteiger partial charge in [0.15, 0.2) is 5.13 Å². The molecule has 0 spiro atoms. The van der Waals surface area contributed by atoms with Crippen LogP contribution in [0.5, 0.6) is 5.75 Å². The standard InChI is InChI=1S/C18H18F3N3O4S/c1-27-12-7-5-11(6-8-12)14(25)23-17(15(26)28-2,18(19,20)21)24-16-22-13(9-29-16)10-3-4-10/h5-10H,3-4H2,1-2H3,(H,22,24)(H,23,25)/t17-/m0/s1. The maximum Gasteiger partial charge on any atom is 0.442 e. The minimum absolute atomic E-state index is 0.0945. The molecule has 1 aliphatic rings. The summed E-state index contributed by atoms with van der Waals surface area (Å²) in [6.07, 6.45) is -3.38. The third kappa shape index (κ3) is 4.29. The molecule has 3 rings (SSSR count). The largest absolute Gasteiger partial charge is 0.497 e. The van der Waals surface area contributed by atoms with Crippen molar-refractivity contribution >= 4 is 28.3 Å². The van der Waals surface area contributed by atoms with Gasteiger partial charge in [0.2, 0.25) is 0 Å². The van der Waals surface area contributed by atoms with Crippen LogP contribution >= 0.6 is 11.3 Å². The van der Waals surface area contributed by atoms with Crippen LogP contribution in [0.2, 0.25) is 0 Å². The number of carbonyl (C=O) groups is 2. The summed E-state index contributed by atoms with van der Waals surface area (Å²) < 4.78 is 51.5. The molecule has 1 amide bonds. The molecule has 2 N–H and O–H groups in total. The summed E-state index contributed by atoms with van der Waals surface area (Å²) in [5.74, 6) is -2.20. The van der Waals surface area contributed by atoms with Gasteiger partial charge in [-0.2, -0.15) is 13.2 Å². The lowest BCUT2D eigenvalue weighted by Gasteiger charge is -2.34. The van der Waals surface area contributed by atoms with Crippen molar-refractivity contribution in [1.29, 1.82) is 0 Å². The summed E-state index contributed by atoms with van der Waals surface area (Å²) in [6, 6.07) is 5.39. The van der Waals surface area contributed by atoms with Gasteiger partial charge in [-0.3, -0.25) is 4.79 Å². The fourth-order valence-electron chi connectivity index (χ4n) is 2.60. The molecule has 1 saturated carbocycles. The molecule has 11 heteroatoms. The van der Waals surface area contributed by atoms with Crippen LogP contribution in [0.1, 0.15) is 34.8 Å². The minimum Gasteiger partial charge on any atom is -0.497 e. The van der Waals surface area contributed by atoms with E-state index in [9.17, 15) is 22.8 Å². The molecule has 1 fully saturated rings. The number of thiazole rings is 1. The highest BCUT2D eigenvalue weighted by Crippen LogP contribution is 2.42. The van der Waals surface area contributed by atoms with Gasteiger partial charge in [0.25, 0.3) is 5.91 Å². The maximum absolute atomic E-state index is 14.0. The molecule has 156 valence electrons. The minimum atomic E-state index is -5.21. The van der Waals surface area contributed by atoms with Crippen molar-refractivity contribution in [3.63, 3.8) is 0 Å². The van der Waals surface area contributed by atoms with E-state index < -0.39 is 23.7 Å². The molecule has 0 bridgehead atoms. The zero-order valence-electron chi connectivity index (χ0n) is 15.5. The summed E-state index contributed by atoms with van der Waals surface area (Å²) >= 11 is 0.919. The third-order valence-electron chi connectivity index (χ3n) is 4.38. The number of nitrogens with zero attached hydrogens (tertiary/aromatic N) is 1. The number of rotatable bonds is 7. The fourth-order valence-corrected chi connectivity index (χ4v) is 3.45. The quantitative estimate of drug-likeness (QED) is 0.519. The number of amides is 1. The van der Waals surface area contributed by atoms with E-state index in [1.807, 2.05) is 0 Å². The number of aromatic nitrogens is 1. The summed E-state index contributed by atoms with van der Waals surface area (Å²) in [4.78, 5) is 28.9. The van der Waals surface area contributed by atoms with Crippen LogP contribution in [0.3, 0.4) is 0 Å². The fraction of sp³-hybridized carbons (Fsp3) is 0.389. The van der Waals surface area contributed by atoms with Gasteiger partial charge in [0.1, 0.15) is 5.75 Å². The molecule has 1 atom stereocenters. The molecule has 2 aromatic rings. The van der Waals surface area contributed by atoms with Crippen molar-refractivity contribution in [2.24, 2.45) is 0 Å². The topological polar surface area (TPSA) is 89.5 Å². The Morgan fingerprint density at radius 2 is 1.83 bits per heavy atom. The second kappa shape index (κ2) is 7.90. The Balaban J connectivity index is 1.93. The van der Waals surface area contributed by atoms with E-state index >= 15 is 0 Å². The molecular formula is C18H18F3N3O4S. The maximum atomic E-state index is 14.0. The SMILES string of the molecule is COC(=O)[C@](NC(=O)c1ccc(OC)cc1)(Nc1nc(C2CC2)cs1)C(F)(F)F. The number of nitrogens with one attached hydrogen (secondary N) is 2. The number of carbonyl (C=O) groups excluding carboxylic acids is 2. The third-order valence-corrected chi connectivity index (χ3v) is 5.16. The lowest BCUT2D eigenvalue weighted by Crippen LogP contribution is -2.69. The molecule has 1 aromatic heterocycles. The Morgan fingerprint density at radius 1 is 1.17 bits per heavy atom. The Bertz CT molecular complexity index is 897. The normalized spacial score (nSPS) is 15.9. The molecule has 0 unspecified atom stereocenters. The van der Waals surface area contributed by atoms with Crippen LogP contribution in [0.15, 0.2) is 29.6 Å². The van der Waals surface area contributed by atoms with Crippen LogP contribution in [0, 0.1) is 0 Å². The van der Waals surface area contributed by atoms with Gasteiger partial charge in [-0.05, 0) is 37.1 Å². The molecule has 1 aromatic carbocycles. The predicted molar refractivity (Wildman–Crippen MR) is 99.0 cm³/mol. The molecule has 1 aliphatic carbocycles. The number of benzene rings is 1. The first-order valence-electron chi connectivity index (χ1n) is 8.55. The number of halogens is 3. The molecule has 0 aliphatic heterocycles. The Hall–Kier alpha value is -2.82. The van der Waals surface area contributed by atoms with Gasteiger partial charge in [-0.15, -0.1) is 11.3 Å². The molecule has 29 heavy (non-hydrogen) atoms. The predicted octanol–water partition coefficient (Wildman–Crippen LogP) is 3.30. The lowest BCUT2D eigenvalue weighted by atomic mass is 10.1. The van der Waals surface area contributed by atoms with Crippen molar-refractivity contribution in [1.82, 2.24) is 10.3 Å². The van der Waals surface area contributed by atoms with Gasteiger partial charge in [0.05, 0.1) is 19.9 Å². The van der Waals surface area contributed by atoms with Crippen LogP contribution < -0.4 is 15.4 Å². The number of methoxy groups -OCH3 is 2. The van der Waals surface area contributed by atoms with Gasteiger partial charge in [-0.1, -0.05) is 0 Å². The highest BCUT2D eigenvalue weighted by Gasteiger charge is 2.64. The number of alkyl halides is 3. The van der Waals surface area contributed by atoms with Crippen LogP contribution in [-0.4, -0.2) is 42.9 Å². The highest BCUT2D eigenvalue weighted by molar-refractivity contribution is 7.13. The van der Waals surface area contributed by atoms with E-state index in [0.717, 1.165) is 31.3 Å². The zero-order chi connectivity index (χ0) is 21.2. The Kier molecular flexibility index (Phi) is 5.69. The van der Waals surface area contributed by atoms with Crippen molar-refractivity contribution in [2.75, 3.05) is 19.5 Å². The van der Waals surface area contributed by atoms with Crippen molar-refractivity contribution in [3.05, 3.63) is 40.9 Å². The van der Waals surface area contributed by atoms with Crippen LogP contribution in [0.25, 0.3) is 0 Å². The zero-order valence-corrected chi connectivity index (χ0v) is 16.3. The van der Waals surface area contributed by atoms with E-state index in [1.165, 1.54) is 31.4 Å². The first kappa shape index (κ1) is 20.9. The number of anilines is 1. The van der Waals surface area contributed by atoms with Crippen LogP contribution in [-0.2, 0) is 9.53 Å². The monoisotopic (exact) mass is 429 g/mol. The van der Waals surface area contributed by atoms with Crippen LogP contribution in [0.4, 0.5) is 18.3 Å². The number of hydrogen-bond acceptors (Lipinski definition) is 7. The molecule has 7 nitrogen and oxygen atoms in total. The summed E-state index contributed by atoms with van der Waals surface area (Å²) in [5, 5.41) is 5.29. The molecular weight excluding hydrogens is 411 g/mol. The number of hydrogen-bond donors (Lipinski definition) is 2. The summed E-state index contributed by atoms with van der Waals surface area (Å²) in [6.45, 7) is 0. The molecule has 1 heterocycles. The second-order valence-corrected chi connectivity index (χ2v) is 7.26. The first-order chi connectivity index (χ1) is 13.7. The Labute approximate surface area is 168 Å². The molecule has 0 saturated heterocycles. The lowest BCUT2D eigenvalue weighted by molar-refractivity contribution is -0.203. The van der Waals surface area contributed by atoms with Crippen molar-refractivity contribution in [3.8, 4) is 5.75 Å². The van der Waals surface area contributed by atoms with Crippen molar-refractivity contribution in [2.45, 2.75) is 30.6 Å². The first-order valence-corrected chi connectivity index (χ1v) is 9.43.